The van der Waals surface area contributed by atoms with E-state index in [1.54, 1.807) is 36.4 Å². The third-order valence-corrected chi connectivity index (χ3v) is 6.95. The average Bonchev–Trinajstić information content (AvgIpc) is 3.26. The summed E-state index contributed by atoms with van der Waals surface area (Å²) in [6.45, 7) is 1.85. The Bertz CT molecular complexity index is 947. The molecule has 0 bridgehead atoms. The summed E-state index contributed by atoms with van der Waals surface area (Å²) < 4.78 is 25.9. The van der Waals surface area contributed by atoms with Crippen LogP contribution in [0.4, 0.5) is 0 Å². The zero-order valence-electron chi connectivity index (χ0n) is 12.8. The van der Waals surface area contributed by atoms with Crippen molar-refractivity contribution < 1.29 is 13.2 Å². The number of carbonyl (C=O) groups excluding carboxylic acids is 1. The van der Waals surface area contributed by atoms with E-state index in [4.69, 9.17) is 11.6 Å². The Hall–Kier alpha value is -2.16. The molecule has 0 radical (unpaired) electrons. The van der Waals surface area contributed by atoms with Gasteiger partial charge in [0, 0.05) is 10.9 Å². The first-order chi connectivity index (χ1) is 11.4. The largest absolute Gasteiger partial charge is 0.302 e. The van der Waals surface area contributed by atoms with E-state index >= 15 is 0 Å². The van der Waals surface area contributed by atoms with E-state index in [2.05, 4.69) is 0 Å². The lowest BCUT2D eigenvalue weighted by atomic mass is 10.0. The van der Waals surface area contributed by atoms with Crippen LogP contribution in [0.5, 0.6) is 0 Å². The van der Waals surface area contributed by atoms with Gasteiger partial charge in [-0.15, -0.1) is 0 Å². The minimum atomic E-state index is -3.82. The van der Waals surface area contributed by atoms with Gasteiger partial charge >= 0.3 is 0 Å². The van der Waals surface area contributed by atoms with Crippen LogP contribution in [-0.4, -0.2) is 20.0 Å². The Kier molecular flexibility index (Phi) is 3.98. The van der Waals surface area contributed by atoms with E-state index in [1.165, 1.54) is 12.1 Å². The molecule has 1 aliphatic carbocycles. The molecule has 1 aliphatic rings. The Morgan fingerprint density at radius 1 is 1.21 bits per heavy atom. The van der Waals surface area contributed by atoms with Gasteiger partial charge in [-0.1, -0.05) is 41.4 Å². The molecular weight excluding hydrogens is 346 g/mol. The number of hydrogen-bond acceptors (Lipinski definition) is 4. The van der Waals surface area contributed by atoms with E-state index in [9.17, 15) is 18.5 Å². The zero-order chi connectivity index (χ0) is 17.5. The Morgan fingerprint density at radius 3 is 2.42 bits per heavy atom. The maximum atomic E-state index is 13.0. The summed E-state index contributed by atoms with van der Waals surface area (Å²) in [6.07, 6.45) is 0.453. The molecule has 0 N–H and O–H groups in total. The first-order valence-electron chi connectivity index (χ1n) is 7.30. The normalized spacial score (nSPS) is 25.7. The maximum absolute atomic E-state index is 13.0. The van der Waals surface area contributed by atoms with Crippen LogP contribution < -0.4 is 0 Å². The average molecular weight is 360 g/mol. The van der Waals surface area contributed by atoms with E-state index in [1.807, 2.05) is 13.0 Å². The van der Waals surface area contributed by atoms with Crippen LogP contribution in [0.2, 0.25) is 5.02 Å². The molecule has 2 aromatic carbocycles. The van der Waals surface area contributed by atoms with Crippen molar-refractivity contribution in [1.29, 1.82) is 5.26 Å². The lowest BCUT2D eigenvalue weighted by Crippen LogP contribution is -2.16. The number of aryl methyl sites for hydroxylation is 1. The van der Waals surface area contributed by atoms with Crippen molar-refractivity contribution in [2.75, 3.05) is 0 Å². The number of hydrogen-bond donors (Lipinski definition) is 0. The van der Waals surface area contributed by atoms with E-state index in [0.717, 1.165) is 5.56 Å². The molecule has 6 heteroatoms. The molecule has 0 aliphatic heterocycles. The summed E-state index contributed by atoms with van der Waals surface area (Å²) in [7, 11) is -3.82. The number of carbonyl (C=O) groups is 1. The molecule has 2 aromatic rings. The van der Waals surface area contributed by atoms with Crippen molar-refractivity contribution in [2.45, 2.75) is 23.0 Å². The zero-order valence-corrected chi connectivity index (χ0v) is 14.4. The van der Waals surface area contributed by atoms with Crippen LogP contribution in [-0.2, 0) is 14.6 Å². The summed E-state index contributed by atoms with van der Waals surface area (Å²) in [4.78, 5) is 11.7. The molecule has 1 fully saturated rings. The van der Waals surface area contributed by atoms with Crippen LogP contribution in [0.15, 0.2) is 53.4 Å². The highest BCUT2D eigenvalue weighted by atomic mass is 35.5. The fourth-order valence-electron chi connectivity index (χ4n) is 3.14. The molecule has 122 valence electrons. The van der Waals surface area contributed by atoms with Crippen molar-refractivity contribution in [1.82, 2.24) is 0 Å². The van der Waals surface area contributed by atoms with Crippen molar-refractivity contribution in [2.24, 2.45) is 5.41 Å². The molecule has 3 atom stereocenters. The monoisotopic (exact) mass is 359 g/mol. The minimum Gasteiger partial charge on any atom is -0.302 e. The summed E-state index contributed by atoms with van der Waals surface area (Å²) >= 11 is 5.97. The Balaban J connectivity index is 2.10. The smallest absolute Gasteiger partial charge is 0.183 e. The number of rotatable bonds is 4. The Labute approximate surface area is 145 Å². The highest BCUT2D eigenvalue weighted by Gasteiger charge is 2.72. The molecule has 0 aromatic heterocycles. The van der Waals surface area contributed by atoms with Crippen LogP contribution in [0.25, 0.3) is 0 Å². The van der Waals surface area contributed by atoms with Crippen molar-refractivity contribution >= 4 is 27.7 Å². The van der Waals surface area contributed by atoms with Crippen LogP contribution in [0.1, 0.15) is 17.0 Å². The van der Waals surface area contributed by atoms with Gasteiger partial charge < -0.3 is 4.79 Å². The second kappa shape index (κ2) is 5.73. The molecule has 0 saturated heterocycles. The van der Waals surface area contributed by atoms with Crippen molar-refractivity contribution in [3.05, 3.63) is 64.7 Å². The molecule has 0 unspecified atom stereocenters. The first kappa shape index (κ1) is 16.7. The number of nitriles is 1. The quantitative estimate of drug-likeness (QED) is 0.785. The van der Waals surface area contributed by atoms with Gasteiger partial charge in [-0.2, -0.15) is 5.26 Å². The number of sulfone groups is 1. The molecule has 0 spiro atoms. The molecule has 1 saturated carbocycles. The van der Waals surface area contributed by atoms with Crippen molar-refractivity contribution in [3.63, 3.8) is 0 Å². The molecule has 3 rings (SSSR count). The lowest BCUT2D eigenvalue weighted by molar-refractivity contribution is -0.110. The van der Waals surface area contributed by atoms with Gasteiger partial charge in [0.25, 0.3) is 0 Å². The molecule has 0 amide bonds. The molecule has 4 nitrogen and oxygen atoms in total. The van der Waals surface area contributed by atoms with E-state index in [-0.39, 0.29) is 4.90 Å². The highest BCUT2D eigenvalue weighted by Crippen LogP contribution is 2.62. The number of aldehydes is 1. The van der Waals surface area contributed by atoms with Crippen LogP contribution in [0.3, 0.4) is 0 Å². The second-order valence-corrected chi connectivity index (χ2v) is 8.48. The number of benzene rings is 2. The fourth-order valence-corrected chi connectivity index (χ4v) is 5.57. The Morgan fingerprint density at radius 2 is 1.88 bits per heavy atom. The summed E-state index contributed by atoms with van der Waals surface area (Å²) in [5.74, 6) is -0.718. The predicted molar refractivity (Wildman–Crippen MR) is 90.5 cm³/mol. The van der Waals surface area contributed by atoms with E-state index in [0.29, 0.717) is 16.9 Å². The van der Waals surface area contributed by atoms with Gasteiger partial charge in [0.2, 0.25) is 0 Å². The third-order valence-electron chi connectivity index (χ3n) is 4.46. The molecular formula is C18H14ClNO3S. The summed E-state index contributed by atoms with van der Waals surface area (Å²) in [5.41, 5.74) is -0.0658. The van der Waals surface area contributed by atoms with Gasteiger partial charge in [-0.25, -0.2) is 8.42 Å². The predicted octanol–water partition coefficient (Wildman–Crippen LogP) is 3.30. The lowest BCUT2D eigenvalue weighted by Gasteiger charge is -2.05. The molecule has 0 heterocycles. The van der Waals surface area contributed by atoms with Gasteiger partial charge in [-0.3, -0.25) is 0 Å². The number of nitrogens with zero attached hydrogens (tertiary/aromatic N) is 1. The maximum Gasteiger partial charge on any atom is 0.183 e. The molecule has 24 heavy (non-hydrogen) atoms. The van der Waals surface area contributed by atoms with Gasteiger partial charge in [0.05, 0.1) is 11.0 Å². The fraction of sp³-hybridized carbons (Fsp3) is 0.222. The SMILES string of the molecule is Cc1ccc(S(=O)(=O)[C@H]2[C@@H](c3cccc(Cl)c3)[C@@]2(C#N)C=O)cc1. The van der Waals surface area contributed by atoms with Crippen LogP contribution >= 0.6 is 11.6 Å². The van der Waals surface area contributed by atoms with Crippen LogP contribution in [0, 0.1) is 23.7 Å². The van der Waals surface area contributed by atoms with Gasteiger partial charge in [-0.05, 0) is 36.8 Å². The standard InChI is InChI=1S/C18H14ClNO3S/c1-12-5-7-15(8-6-12)24(22,23)17-16(18(17,10-20)11-21)13-3-2-4-14(19)9-13/h2-9,11,16-17H,1H3/t16-,17+,18-/m1/s1. The third kappa shape index (κ3) is 2.43. The van der Waals surface area contributed by atoms with Crippen molar-refractivity contribution in [3.8, 4) is 6.07 Å². The van der Waals surface area contributed by atoms with E-state index < -0.39 is 26.4 Å². The first-order valence-corrected chi connectivity index (χ1v) is 9.23. The highest BCUT2D eigenvalue weighted by molar-refractivity contribution is 7.92. The topological polar surface area (TPSA) is 75.0 Å². The summed E-state index contributed by atoms with van der Waals surface area (Å²) in [6, 6.07) is 14.9. The second-order valence-electron chi connectivity index (χ2n) is 5.97. The summed E-state index contributed by atoms with van der Waals surface area (Å²) in [5, 5.41) is 8.83. The minimum absolute atomic E-state index is 0.115. The van der Waals surface area contributed by atoms with Gasteiger partial charge in [0.1, 0.15) is 17.0 Å². The van der Waals surface area contributed by atoms with Gasteiger partial charge in [0.15, 0.2) is 9.84 Å². The number of halogens is 1.